The molecule has 0 unspecified atom stereocenters. The molecule has 0 saturated heterocycles. The molecule has 1 aromatic heterocycles. The quantitative estimate of drug-likeness (QED) is 0.275. The van der Waals surface area contributed by atoms with E-state index in [1.165, 1.54) is 0 Å². The minimum absolute atomic E-state index is 0.0321. The van der Waals surface area contributed by atoms with Crippen LogP contribution in [0.15, 0.2) is 99.7 Å². The molecule has 158 valence electrons. The normalized spacial score (nSPS) is 11.0. The van der Waals surface area contributed by atoms with Gasteiger partial charge in [0.1, 0.15) is 11.4 Å². The molecule has 0 amide bonds. The van der Waals surface area contributed by atoms with E-state index >= 15 is 0 Å². The SMILES string of the molecule is C/C(=N\N=C(N)N)c1ccccc1.NC(N)=N/N=C(/c1ccccc1)c1cnccn1. The summed E-state index contributed by atoms with van der Waals surface area (Å²) in [6, 6.07) is 19.2. The number of hydrogen-bond donors (Lipinski definition) is 4. The fourth-order valence-electron chi connectivity index (χ4n) is 2.25. The van der Waals surface area contributed by atoms with Crippen molar-refractivity contribution >= 4 is 23.3 Å². The van der Waals surface area contributed by atoms with Gasteiger partial charge in [0.25, 0.3) is 0 Å². The number of aromatic nitrogens is 2. The molecule has 3 aromatic rings. The third-order valence-electron chi connectivity index (χ3n) is 3.63. The van der Waals surface area contributed by atoms with Crippen LogP contribution in [0.4, 0.5) is 0 Å². The van der Waals surface area contributed by atoms with E-state index in [2.05, 4.69) is 30.4 Å². The molecule has 10 nitrogen and oxygen atoms in total. The van der Waals surface area contributed by atoms with Crippen LogP contribution in [-0.2, 0) is 0 Å². The summed E-state index contributed by atoms with van der Waals surface area (Å²) in [5, 5.41) is 15.1. The zero-order chi connectivity index (χ0) is 22.5. The Hall–Kier alpha value is -4.60. The fourth-order valence-corrected chi connectivity index (χ4v) is 2.25. The number of rotatable bonds is 5. The number of benzene rings is 2. The van der Waals surface area contributed by atoms with Gasteiger partial charge in [-0.05, 0) is 12.5 Å². The Kier molecular flexibility index (Phi) is 8.83. The predicted octanol–water partition coefficient (Wildman–Crippen LogP) is 1.19. The van der Waals surface area contributed by atoms with Crippen LogP contribution in [0.2, 0.25) is 0 Å². The van der Waals surface area contributed by atoms with Gasteiger partial charge in [-0.25, -0.2) is 0 Å². The first kappa shape index (κ1) is 22.7. The van der Waals surface area contributed by atoms with E-state index in [1.807, 2.05) is 67.6 Å². The highest BCUT2D eigenvalue weighted by atomic mass is 15.3. The van der Waals surface area contributed by atoms with E-state index in [-0.39, 0.29) is 11.9 Å². The molecule has 0 spiro atoms. The Labute approximate surface area is 180 Å². The molecule has 0 atom stereocenters. The van der Waals surface area contributed by atoms with Crippen molar-refractivity contribution < 1.29 is 0 Å². The lowest BCUT2D eigenvalue weighted by molar-refractivity contribution is 1.15. The van der Waals surface area contributed by atoms with Crippen molar-refractivity contribution in [3.05, 3.63) is 96.1 Å². The molecule has 0 aliphatic carbocycles. The second kappa shape index (κ2) is 12.1. The second-order valence-corrected chi connectivity index (χ2v) is 6.01. The van der Waals surface area contributed by atoms with Crippen molar-refractivity contribution in [2.75, 3.05) is 0 Å². The minimum Gasteiger partial charge on any atom is -0.369 e. The number of hydrogen-bond acceptors (Lipinski definition) is 6. The Balaban J connectivity index is 0.000000233. The highest BCUT2D eigenvalue weighted by Crippen LogP contribution is 2.08. The van der Waals surface area contributed by atoms with Gasteiger partial charge in [-0.1, -0.05) is 60.7 Å². The Morgan fingerprint density at radius 1 is 0.677 bits per heavy atom. The minimum atomic E-state index is -0.104. The monoisotopic (exact) mass is 416 g/mol. The zero-order valence-electron chi connectivity index (χ0n) is 17.0. The molecule has 0 fully saturated rings. The Morgan fingerprint density at radius 3 is 1.74 bits per heavy atom. The third-order valence-corrected chi connectivity index (χ3v) is 3.63. The molecule has 8 N–H and O–H groups in total. The Morgan fingerprint density at radius 2 is 1.23 bits per heavy atom. The summed E-state index contributed by atoms with van der Waals surface area (Å²) < 4.78 is 0. The van der Waals surface area contributed by atoms with Gasteiger partial charge in [-0.3, -0.25) is 9.97 Å². The van der Waals surface area contributed by atoms with Crippen molar-refractivity contribution in [1.82, 2.24) is 9.97 Å². The highest BCUT2D eigenvalue weighted by Gasteiger charge is 2.08. The van der Waals surface area contributed by atoms with Crippen LogP contribution >= 0.6 is 0 Å². The number of guanidine groups is 2. The largest absolute Gasteiger partial charge is 0.369 e. The molecule has 0 aliphatic rings. The molecular formula is C21H24N10. The van der Waals surface area contributed by atoms with Gasteiger partial charge in [-0.15, -0.1) is 15.3 Å². The highest BCUT2D eigenvalue weighted by molar-refractivity contribution is 6.11. The average Bonchev–Trinajstić information content (AvgIpc) is 2.80. The fraction of sp³-hybridized carbons (Fsp3) is 0.0476. The summed E-state index contributed by atoms with van der Waals surface area (Å²) in [7, 11) is 0. The van der Waals surface area contributed by atoms with E-state index in [9.17, 15) is 0 Å². The number of nitrogens with zero attached hydrogens (tertiary/aromatic N) is 6. The molecule has 0 aliphatic heterocycles. The molecule has 0 bridgehead atoms. The third kappa shape index (κ3) is 8.11. The maximum Gasteiger partial charge on any atom is 0.211 e. The van der Waals surface area contributed by atoms with Crippen LogP contribution in [-0.4, -0.2) is 33.3 Å². The lowest BCUT2D eigenvalue weighted by Gasteiger charge is -2.03. The summed E-state index contributed by atoms with van der Waals surface area (Å²) in [5.41, 5.74) is 24.7. The zero-order valence-corrected chi connectivity index (χ0v) is 17.0. The Bertz CT molecular complexity index is 1010. The first-order chi connectivity index (χ1) is 15.0. The van der Waals surface area contributed by atoms with Crippen molar-refractivity contribution in [3.63, 3.8) is 0 Å². The molecule has 0 radical (unpaired) electrons. The van der Waals surface area contributed by atoms with Crippen LogP contribution in [0.3, 0.4) is 0 Å². The molecule has 1 heterocycles. The van der Waals surface area contributed by atoms with Gasteiger partial charge >= 0.3 is 0 Å². The molecule has 2 aromatic carbocycles. The van der Waals surface area contributed by atoms with E-state index < -0.39 is 0 Å². The second-order valence-electron chi connectivity index (χ2n) is 6.01. The van der Waals surface area contributed by atoms with Crippen LogP contribution in [0, 0.1) is 0 Å². The van der Waals surface area contributed by atoms with E-state index in [1.54, 1.807) is 18.6 Å². The van der Waals surface area contributed by atoms with E-state index in [4.69, 9.17) is 22.9 Å². The van der Waals surface area contributed by atoms with Gasteiger partial charge < -0.3 is 22.9 Å². The predicted molar refractivity (Wildman–Crippen MR) is 124 cm³/mol. The summed E-state index contributed by atoms with van der Waals surface area (Å²) in [4.78, 5) is 8.19. The van der Waals surface area contributed by atoms with Crippen LogP contribution in [0.1, 0.15) is 23.7 Å². The van der Waals surface area contributed by atoms with Gasteiger partial charge in [0.2, 0.25) is 11.9 Å². The molecule has 3 rings (SSSR count). The van der Waals surface area contributed by atoms with Gasteiger partial charge in [-0.2, -0.15) is 5.10 Å². The average molecular weight is 416 g/mol. The molecule has 10 heteroatoms. The van der Waals surface area contributed by atoms with Crippen LogP contribution in [0.25, 0.3) is 0 Å². The van der Waals surface area contributed by atoms with Gasteiger partial charge in [0, 0.05) is 18.0 Å². The lowest BCUT2D eigenvalue weighted by atomic mass is 10.1. The van der Waals surface area contributed by atoms with Crippen molar-refractivity contribution in [2.24, 2.45) is 43.3 Å². The van der Waals surface area contributed by atoms with Crippen molar-refractivity contribution in [2.45, 2.75) is 6.92 Å². The first-order valence-electron chi connectivity index (χ1n) is 9.14. The van der Waals surface area contributed by atoms with Crippen molar-refractivity contribution in [3.8, 4) is 0 Å². The molecular weight excluding hydrogens is 392 g/mol. The van der Waals surface area contributed by atoms with E-state index in [0.717, 1.165) is 16.8 Å². The first-order valence-corrected chi connectivity index (χ1v) is 9.14. The van der Waals surface area contributed by atoms with Gasteiger partial charge in [0.15, 0.2) is 0 Å². The standard InChI is InChI=1S/C12H12N6.C9H12N4/c13-12(14)18-17-11(9-4-2-1-3-5-9)10-8-15-6-7-16-10;1-7(12-13-9(10)11)8-5-3-2-4-6-8/h1-8H,(H4,13,14,18);2-6H,1H3,(H4,10,11,13)/b17-11-;12-7+. The van der Waals surface area contributed by atoms with Crippen LogP contribution < -0.4 is 22.9 Å². The smallest absolute Gasteiger partial charge is 0.211 e. The van der Waals surface area contributed by atoms with E-state index in [0.29, 0.717) is 11.4 Å². The lowest BCUT2D eigenvalue weighted by Crippen LogP contribution is -2.22. The van der Waals surface area contributed by atoms with Crippen LogP contribution in [0.5, 0.6) is 0 Å². The number of nitrogens with two attached hydrogens (primary N) is 4. The summed E-state index contributed by atoms with van der Waals surface area (Å²) in [6.45, 7) is 1.85. The summed E-state index contributed by atoms with van der Waals surface area (Å²) in [6.07, 6.45) is 4.78. The van der Waals surface area contributed by atoms with Gasteiger partial charge in [0.05, 0.1) is 11.9 Å². The summed E-state index contributed by atoms with van der Waals surface area (Å²) in [5.74, 6) is -0.136. The summed E-state index contributed by atoms with van der Waals surface area (Å²) >= 11 is 0. The molecule has 31 heavy (non-hydrogen) atoms. The topological polar surface area (TPSA) is 179 Å². The molecule has 0 saturated carbocycles. The van der Waals surface area contributed by atoms with Crippen molar-refractivity contribution in [1.29, 1.82) is 0 Å². The maximum absolute atomic E-state index is 5.28. The maximum atomic E-state index is 5.28.